The first-order chi connectivity index (χ1) is 12.3. The van der Waals surface area contributed by atoms with E-state index in [0.29, 0.717) is 13.0 Å². The molecule has 1 amide bonds. The molecule has 0 aromatic heterocycles. The minimum Gasteiger partial charge on any atom is -0.337 e. The SMILES string of the molecule is Cc1c(C(=O)N2CCC(S(=O)(=O)c3ccccc3)C2)cccc1[N+](=O)[O-]. The normalized spacial score (nSPS) is 17.3. The standard InChI is InChI=1S/C18H18N2O5S/c1-13-16(8-5-9-17(13)20(22)23)18(21)19-11-10-15(12-19)26(24,25)14-6-3-2-4-7-14/h2-9,15H,10-12H2,1H3. The van der Waals surface area contributed by atoms with Gasteiger partial charge in [-0.3, -0.25) is 14.9 Å². The van der Waals surface area contributed by atoms with E-state index in [1.807, 2.05) is 0 Å². The Hall–Kier alpha value is -2.74. The number of amides is 1. The van der Waals surface area contributed by atoms with Gasteiger partial charge >= 0.3 is 0 Å². The molecule has 0 spiro atoms. The van der Waals surface area contributed by atoms with Crippen molar-refractivity contribution in [3.63, 3.8) is 0 Å². The van der Waals surface area contributed by atoms with E-state index in [-0.39, 0.29) is 34.2 Å². The molecular formula is C18H18N2O5S. The Labute approximate surface area is 151 Å². The lowest BCUT2D eigenvalue weighted by molar-refractivity contribution is -0.385. The monoisotopic (exact) mass is 374 g/mol. The van der Waals surface area contributed by atoms with Gasteiger partial charge in [0.15, 0.2) is 9.84 Å². The smallest absolute Gasteiger partial charge is 0.273 e. The molecule has 26 heavy (non-hydrogen) atoms. The molecule has 1 aliphatic heterocycles. The van der Waals surface area contributed by atoms with E-state index >= 15 is 0 Å². The van der Waals surface area contributed by atoms with Gasteiger partial charge in [-0.1, -0.05) is 24.3 Å². The van der Waals surface area contributed by atoms with Crippen molar-refractivity contribution in [1.29, 1.82) is 0 Å². The van der Waals surface area contributed by atoms with Gasteiger partial charge in [0.25, 0.3) is 11.6 Å². The van der Waals surface area contributed by atoms with E-state index in [9.17, 15) is 23.3 Å². The van der Waals surface area contributed by atoms with Crippen molar-refractivity contribution in [2.45, 2.75) is 23.5 Å². The maximum Gasteiger partial charge on any atom is 0.273 e. The summed E-state index contributed by atoms with van der Waals surface area (Å²) in [5, 5.41) is 10.4. The summed E-state index contributed by atoms with van der Waals surface area (Å²) in [4.78, 5) is 25.0. The largest absolute Gasteiger partial charge is 0.337 e. The predicted molar refractivity (Wildman–Crippen MR) is 95.8 cm³/mol. The van der Waals surface area contributed by atoms with E-state index in [1.54, 1.807) is 30.3 Å². The van der Waals surface area contributed by atoms with Gasteiger partial charge in [-0.2, -0.15) is 0 Å². The van der Waals surface area contributed by atoms with Gasteiger partial charge in [-0.15, -0.1) is 0 Å². The van der Waals surface area contributed by atoms with Crippen LogP contribution < -0.4 is 0 Å². The number of nitro benzene ring substituents is 1. The number of carbonyl (C=O) groups is 1. The van der Waals surface area contributed by atoms with Crippen molar-refractivity contribution in [1.82, 2.24) is 4.90 Å². The molecule has 1 saturated heterocycles. The molecule has 3 rings (SSSR count). The number of hydrogen-bond acceptors (Lipinski definition) is 5. The molecule has 1 unspecified atom stereocenters. The molecule has 0 N–H and O–H groups in total. The molecule has 136 valence electrons. The van der Waals surface area contributed by atoms with Crippen molar-refractivity contribution in [2.24, 2.45) is 0 Å². The number of hydrogen-bond donors (Lipinski definition) is 0. The van der Waals surface area contributed by atoms with E-state index < -0.39 is 20.0 Å². The Kier molecular flexibility index (Phi) is 4.78. The highest BCUT2D eigenvalue weighted by Gasteiger charge is 2.37. The number of likely N-dealkylation sites (tertiary alicyclic amines) is 1. The summed E-state index contributed by atoms with van der Waals surface area (Å²) in [5.74, 6) is -0.378. The summed E-state index contributed by atoms with van der Waals surface area (Å²) in [5.41, 5.74) is 0.400. The number of nitro groups is 1. The molecule has 1 atom stereocenters. The molecular weight excluding hydrogens is 356 g/mol. The van der Waals surface area contributed by atoms with Gasteiger partial charge in [-0.25, -0.2) is 8.42 Å². The molecule has 0 radical (unpaired) electrons. The first-order valence-electron chi connectivity index (χ1n) is 8.14. The number of rotatable bonds is 4. The summed E-state index contributed by atoms with van der Waals surface area (Å²) < 4.78 is 25.4. The highest BCUT2D eigenvalue weighted by Crippen LogP contribution is 2.27. The van der Waals surface area contributed by atoms with E-state index in [1.165, 1.54) is 30.0 Å². The molecule has 0 aliphatic carbocycles. The van der Waals surface area contributed by atoms with Crippen molar-refractivity contribution >= 4 is 21.4 Å². The zero-order chi connectivity index (χ0) is 18.9. The highest BCUT2D eigenvalue weighted by molar-refractivity contribution is 7.92. The number of carbonyl (C=O) groups excluding carboxylic acids is 1. The molecule has 0 saturated carbocycles. The van der Waals surface area contributed by atoms with E-state index in [4.69, 9.17) is 0 Å². The van der Waals surface area contributed by atoms with Crippen LogP contribution in [0.15, 0.2) is 53.4 Å². The minimum absolute atomic E-state index is 0.0815. The van der Waals surface area contributed by atoms with Crippen molar-refractivity contribution in [2.75, 3.05) is 13.1 Å². The molecule has 1 heterocycles. The third-order valence-corrected chi connectivity index (χ3v) is 6.87. The zero-order valence-corrected chi connectivity index (χ0v) is 15.0. The maximum atomic E-state index is 12.8. The first kappa shape index (κ1) is 18.1. The Morgan fingerprint density at radius 1 is 1.15 bits per heavy atom. The fraction of sp³-hybridized carbons (Fsp3) is 0.278. The lowest BCUT2D eigenvalue weighted by Gasteiger charge is -2.18. The molecule has 0 bridgehead atoms. The van der Waals surface area contributed by atoms with Gasteiger partial charge in [-0.05, 0) is 31.5 Å². The van der Waals surface area contributed by atoms with E-state index in [2.05, 4.69) is 0 Å². The molecule has 1 aliphatic rings. The zero-order valence-electron chi connectivity index (χ0n) is 14.2. The lowest BCUT2D eigenvalue weighted by Crippen LogP contribution is -2.32. The number of benzene rings is 2. The van der Waals surface area contributed by atoms with E-state index in [0.717, 1.165) is 0 Å². The second-order valence-electron chi connectivity index (χ2n) is 6.23. The quantitative estimate of drug-likeness (QED) is 0.605. The molecule has 2 aromatic carbocycles. The molecule has 7 nitrogen and oxygen atoms in total. The van der Waals surface area contributed by atoms with Crippen LogP contribution in [0.2, 0.25) is 0 Å². The highest BCUT2D eigenvalue weighted by atomic mass is 32.2. The van der Waals surface area contributed by atoms with Crippen LogP contribution in [0.5, 0.6) is 0 Å². The summed E-state index contributed by atoms with van der Waals surface area (Å²) in [6.45, 7) is 1.91. The third-order valence-electron chi connectivity index (χ3n) is 4.68. The van der Waals surface area contributed by atoms with Crippen LogP contribution in [0.25, 0.3) is 0 Å². The van der Waals surface area contributed by atoms with Crippen molar-refractivity contribution < 1.29 is 18.1 Å². The van der Waals surface area contributed by atoms with Gasteiger partial charge in [0.05, 0.1) is 15.1 Å². The van der Waals surface area contributed by atoms with Crippen LogP contribution in [0.4, 0.5) is 5.69 Å². The maximum absolute atomic E-state index is 12.8. The average molecular weight is 374 g/mol. The summed E-state index contributed by atoms with van der Waals surface area (Å²) in [6, 6.07) is 12.5. The van der Waals surface area contributed by atoms with Gasteiger partial charge in [0.1, 0.15) is 0 Å². The van der Waals surface area contributed by atoms with Gasteiger partial charge in [0, 0.05) is 30.3 Å². The molecule has 2 aromatic rings. The van der Waals surface area contributed by atoms with Gasteiger partial charge in [0.2, 0.25) is 0 Å². The van der Waals surface area contributed by atoms with Crippen LogP contribution >= 0.6 is 0 Å². The van der Waals surface area contributed by atoms with Crippen LogP contribution in [0.3, 0.4) is 0 Å². The van der Waals surface area contributed by atoms with Crippen LogP contribution in [0.1, 0.15) is 22.3 Å². The molecule has 1 fully saturated rings. The fourth-order valence-electron chi connectivity index (χ4n) is 3.19. The van der Waals surface area contributed by atoms with Crippen LogP contribution in [-0.2, 0) is 9.84 Å². The number of nitrogens with zero attached hydrogens (tertiary/aromatic N) is 2. The van der Waals surface area contributed by atoms with Crippen molar-refractivity contribution in [3.05, 3.63) is 69.8 Å². The Balaban J connectivity index is 1.82. The second kappa shape index (κ2) is 6.87. The van der Waals surface area contributed by atoms with Crippen molar-refractivity contribution in [3.8, 4) is 0 Å². The topological polar surface area (TPSA) is 97.6 Å². The number of sulfone groups is 1. The van der Waals surface area contributed by atoms with Gasteiger partial charge < -0.3 is 4.90 Å². The molecule has 8 heteroatoms. The lowest BCUT2D eigenvalue weighted by atomic mass is 10.1. The minimum atomic E-state index is -3.52. The van der Waals surface area contributed by atoms with Crippen LogP contribution in [-0.4, -0.2) is 42.5 Å². The van der Waals surface area contributed by atoms with Crippen LogP contribution in [0, 0.1) is 17.0 Å². The first-order valence-corrected chi connectivity index (χ1v) is 9.69. The Morgan fingerprint density at radius 2 is 1.85 bits per heavy atom. The Bertz CT molecular complexity index is 957. The second-order valence-corrected chi connectivity index (χ2v) is 8.45. The third kappa shape index (κ3) is 3.20. The summed E-state index contributed by atoms with van der Waals surface area (Å²) >= 11 is 0. The summed E-state index contributed by atoms with van der Waals surface area (Å²) in [6.07, 6.45) is 0.344. The predicted octanol–water partition coefficient (Wildman–Crippen LogP) is 2.59. The fourth-order valence-corrected chi connectivity index (χ4v) is 4.91. The Morgan fingerprint density at radius 3 is 2.50 bits per heavy atom. The average Bonchev–Trinajstić information content (AvgIpc) is 3.13. The summed E-state index contributed by atoms with van der Waals surface area (Å²) in [7, 11) is -3.52.